The fraction of sp³-hybridized carbons (Fsp3) is 0.692. The molecule has 1 aliphatic rings. The van der Waals surface area contributed by atoms with E-state index in [1.54, 1.807) is 0 Å². The van der Waals surface area contributed by atoms with Crippen LogP contribution in [0.15, 0.2) is 0 Å². The van der Waals surface area contributed by atoms with Gasteiger partial charge >= 0.3 is 0 Å². The first kappa shape index (κ1) is 13.3. The molecular formula is C13H20N4S. The molecule has 2 heterocycles. The van der Waals surface area contributed by atoms with Crippen LogP contribution in [0.5, 0.6) is 0 Å². The summed E-state index contributed by atoms with van der Waals surface area (Å²) in [5.41, 5.74) is 1.87. The normalized spacial score (nSPS) is 19.4. The lowest BCUT2D eigenvalue weighted by molar-refractivity contribution is 0.151. The molecule has 0 unspecified atom stereocenters. The van der Waals surface area contributed by atoms with Gasteiger partial charge in [0.15, 0.2) is 0 Å². The van der Waals surface area contributed by atoms with Gasteiger partial charge in [-0.3, -0.25) is 0 Å². The molecule has 1 aliphatic heterocycles. The van der Waals surface area contributed by atoms with Gasteiger partial charge < -0.3 is 10.2 Å². The van der Waals surface area contributed by atoms with Crippen molar-refractivity contribution < 1.29 is 0 Å². The molecule has 0 atom stereocenters. The molecule has 4 nitrogen and oxygen atoms in total. The maximum absolute atomic E-state index is 9.09. The van der Waals surface area contributed by atoms with Gasteiger partial charge in [-0.25, -0.2) is 0 Å². The fourth-order valence-corrected chi connectivity index (χ4v) is 2.99. The molecule has 1 aromatic rings. The minimum absolute atomic E-state index is 0.330. The first-order valence-electron chi connectivity index (χ1n) is 6.33. The average Bonchev–Trinajstić information content (AvgIpc) is 2.72. The Morgan fingerprint density at radius 1 is 1.50 bits per heavy atom. The fourth-order valence-electron chi connectivity index (χ4n) is 2.25. The number of piperidine rings is 1. The first-order chi connectivity index (χ1) is 8.54. The van der Waals surface area contributed by atoms with Gasteiger partial charge in [0.05, 0.1) is 5.69 Å². The molecule has 0 spiro atoms. The zero-order valence-corrected chi connectivity index (χ0v) is 12.1. The molecule has 1 N–H and O–H groups in total. The molecular weight excluding hydrogens is 244 g/mol. The third kappa shape index (κ3) is 2.82. The molecule has 98 valence electrons. The number of hydrogen-bond donors (Lipinski definition) is 1. The summed E-state index contributed by atoms with van der Waals surface area (Å²) in [6.45, 7) is 7.46. The van der Waals surface area contributed by atoms with Gasteiger partial charge in [-0.05, 0) is 56.9 Å². The summed E-state index contributed by atoms with van der Waals surface area (Å²) in [4.78, 5) is 2.37. The second-order valence-corrected chi connectivity index (χ2v) is 6.32. The van der Waals surface area contributed by atoms with Gasteiger partial charge in [-0.2, -0.15) is 9.64 Å². The topological polar surface area (TPSA) is 52.0 Å². The average molecular weight is 264 g/mol. The van der Waals surface area contributed by atoms with Gasteiger partial charge in [0, 0.05) is 6.54 Å². The number of anilines is 1. The van der Waals surface area contributed by atoms with Crippen molar-refractivity contribution in [2.75, 3.05) is 32.0 Å². The number of nitrogens with one attached hydrogen (secondary N) is 1. The van der Waals surface area contributed by atoms with E-state index < -0.39 is 0 Å². The van der Waals surface area contributed by atoms with Crippen molar-refractivity contribution >= 4 is 16.5 Å². The molecule has 0 aromatic carbocycles. The molecule has 5 heteroatoms. The van der Waals surface area contributed by atoms with E-state index in [0.29, 0.717) is 11.0 Å². The SMILES string of the molecule is Cc1nsc(NCC2(C)CCN(C)CC2)c1C#N. The summed E-state index contributed by atoms with van der Waals surface area (Å²) in [5, 5.41) is 13.4. The van der Waals surface area contributed by atoms with E-state index in [4.69, 9.17) is 5.26 Å². The highest BCUT2D eigenvalue weighted by Crippen LogP contribution is 2.32. The summed E-state index contributed by atoms with van der Waals surface area (Å²) in [6.07, 6.45) is 2.41. The highest BCUT2D eigenvalue weighted by atomic mass is 32.1. The van der Waals surface area contributed by atoms with Crippen molar-refractivity contribution in [2.24, 2.45) is 5.41 Å². The standard InChI is InChI=1S/C13H20N4S/c1-10-11(8-14)12(18-16-10)15-9-13(2)4-6-17(3)7-5-13/h15H,4-7,9H2,1-3H3. The zero-order valence-electron chi connectivity index (χ0n) is 11.3. The molecule has 1 fully saturated rings. The number of nitriles is 1. The molecule has 1 saturated heterocycles. The Morgan fingerprint density at radius 3 is 2.78 bits per heavy atom. The van der Waals surface area contributed by atoms with Gasteiger partial charge in [0.1, 0.15) is 16.6 Å². The van der Waals surface area contributed by atoms with Gasteiger partial charge in [0.25, 0.3) is 0 Å². The van der Waals surface area contributed by atoms with Crippen molar-refractivity contribution in [3.05, 3.63) is 11.3 Å². The third-order valence-electron chi connectivity index (χ3n) is 3.84. The van der Waals surface area contributed by atoms with Gasteiger partial charge in [-0.15, -0.1) is 0 Å². The summed E-state index contributed by atoms with van der Waals surface area (Å²) < 4.78 is 4.23. The predicted molar refractivity (Wildman–Crippen MR) is 74.9 cm³/mol. The minimum atomic E-state index is 0.330. The third-order valence-corrected chi connectivity index (χ3v) is 4.74. The molecule has 1 aromatic heterocycles. The van der Waals surface area contributed by atoms with Gasteiger partial charge in [-0.1, -0.05) is 6.92 Å². The Bertz CT molecular complexity index is 452. The smallest absolute Gasteiger partial charge is 0.127 e. The van der Waals surface area contributed by atoms with Gasteiger partial charge in [0.2, 0.25) is 0 Å². The quantitative estimate of drug-likeness (QED) is 0.911. The van der Waals surface area contributed by atoms with E-state index in [2.05, 4.69) is 34.6 Å². The van der Waals surface area contributed by atoms with Crippen molar-refractivity contribution in [2.45, 2.75) is 26.7 Å². The minimum Gasteiger partial charge on any atom is -0.374 e. The maximum atomic E-state index is 9.09. The van der Waals surface area contributed by atoms with Crippen LogP contribution in [0.4, 0.5) is 5.00 Å². The van der Waals surface area contributed by atoms with Crippen LogP contribution in [0.2, 0.25) is 0 Å². The van der Waals surface area contributed by atoms with Crippen LogP contribution in [0, 0.1) is 23.7 Å². The van der Waals surface area contributed by atoms with Crippen LogP contribution < -0.4 is 5.32 Å². The van der Waals surface area contributed by atoms with Crippen LogP contribution in [-0.2, 0) is 0 Å². The Hall–Kier alpha value is -1.12. The second-order valence-electron chi connectivity index (χ2n) is 5.55. The summed E-state index contributed by atoms with van der Waals surface area (Å²) in [5.74, 6) is 0. The second kappa shape index (κ2) is 5.25. The van der Waals surface area contributed by atoms with E-state index in [1.807, 2.05) is 6.92 Å². The molecule has 2 rings (SSSR count). The lowest BCUT2D eigenvalue weighted by Crippen LogP contribution is -2.40. The van der Waals surface area contributed by atoms with Crippen LogP contribution in [-0.4, -0.2) is 36.0 Å². The number of nitrogens with zero attached hydrogens (tertiary/aromatic N) is 3. The Morgan fingerprint density at radius 2 is 2.17 bits per heavy atom. The van der Waals surface area contributed by atoms with Crippen LogP contribution in [0.3, 0.4) is 0 Å². The number of rotatable bonds is 3. The van der Waals surface area contributed by atoms with E-state index >= 15 is 0 Å². The largest absolute Gasteiger partial charge is 0.374 e. The number of aryl methyl sites for hydroxylation is 1. The van der Waals surface area contributed by atoms with E-state index in [1.165, 1.54) is 24.4 Å². The zero-order chi connectivity index (χ0) is 13.2. The highest BCUT2D eigenvalue weighted by molar-refractivity contribution is 7.10. The molecule has 0 bridgehead atoms. The lowest BCUT2D eigenvalue weighted by atomic mass is 9.80. The molecule has 0 saturated carbocycles. The van der Waals surface area contributed by atoms with Crippen LogP contribution in [0.1, 0.15) is 31.0 Å². The summed E-state index contributed by atoms with van der Waals surface area (Å²) in [6, 6.07) is 2.23. The van der Waals surface area contributed by atoms with E-state index in [0.717, 1.165) is 30.3 Å². The number of aromatic nitrogens is 1. The number of likely N-dealkylation sites (tertiary alicyclic amines) is 1. The Kier molecular flexibility index (Phi) is 3.88. The van der Waals surface area contributed by atoms with E-state index in [-0.39, 0.29) is 0 Å². The Balaban J connectivity index is 1.97. The van der Waals surface area contributed by atoms with Crippen molar-refractivity contribution in [1.82, 2.24) is 9.27 Å². The monoisotopic (exact) mass is 264 g/mol. The Labute approximate surface area is 113 Å². The van der Waals surface area contributed by atoms with Crippen molar-refractivity contribution in [3.8, 4) is 6.07 Å². The first-order valence-corrected chi connectivity index (χ1v) is 7.10. The molecule has 0 aliphatic carbocycles. The molecule has 0 radical (unpaired) electrons. The maximum Gasteiger partial charge on any atom is 0.127 e. The van der Waals surface area contributed by atoms with Crippen LogP contribution >= 0.6 is 11.5 Å². The van der Waals surface area contributed by atoms with Crippen molar-refractivity contribution in [3.63, 3.8) is 0 Å². The molecule has 0 amide bonds. The lowest BCUT2D eigenvalue weighted by Gasteiger charge is -2.38. The molecule has 18 heavy (non-hydrogen) atoms. The number of hydrogen-bond acceptors (Lipinski definition) is 5. The predicted octanol–water partition coefficient (Wildman–Crippen LogP) is 2.47. The van der Waals surface area contributed by atoms with E-state index in [9.17, 15) is 0 Å². The summed E-state index contributed by atoms with van der Waals surface area (Å²) >= 11 is 1.39. The van der Waals surface area contributed by atoms with Crippen molar-refractivity contribution in [1.29, 1.82) is 5.26 Å². The summed E-state index contributed by atoms with van der Waals surface area (Å²) in [7, 11) is 2.17. The van der Waals surface area contributed by atoms with Crippen LogP contribution in [0.25, 0.3) is 0 Å². The highest BCUT2D eigenvalue weighted by Gasteiger charge is 2.29.